The Morgan fingerprint density at radius 1 is 1.21 bits per heavy atom. The van der Waals surface area contributed by atoms with Gasteiger partial charge in [-0.15, -0.1) is 0 Å². The summed E-state index contributed by atoms with van der Waals surface area (Å²) < 4.78 is 13.9. The van der Waals surface area contributed by atoms with Crippen LogP contribution < -0.4 is 15.0 Å². The van der Waals surface area contributed by atoms with Crippen LogP contribution in [-0.4, -0.2) is 29.6 Å². The molecule has 3 rings (SSSR count). The Morgan fingerprint density at radius 3 is 2.62 bits per heavy atom. The average molecular weight is 523 g/mol. The fourth-order valence-electron chi connectivity index (χ4n) is 2.85. The second-order valence-corrected chi connectivity index (χ2v) is 8.38. The van der Waals surface area contributed by atoms with Crippen LogP contribution >= 0.6 is 31.9 Å². The molecule has 0 N–H and O–H groups in total. The monoisotopic (exact) mass is 521 g/mol. The molecule has 2 aromatic carbocycles. The lowest BCUT2D eigenvalue weighted by Gasteiger charge is -2.13. The summed E-state index contributed by atoms with van der Waals surface area (Å²) in [6.07, 6.45) is 1.61. The maximum atomic E-state index is 13.1. The number of fused-ring (bicyclic) bond motifs is 1. The average Bonchev–Trinajstić information content (AvgIpc) is 2.68. The number of methoxy groups -OCH3 is 1. The van der Waals surface area contributed by atoms with Crippen LogP contribution in [0.4, 0.5) is 0 Å². The van der Waals surface area contributed by atoms with E-state index in [1.54, 1.807) is 19.4 Å². The second kappa shape index (κ2) is 9.09. The molecule has 0 saturated carbocycles. The summed E-state index contributed by atoms with van der Waals surface area (Å²) in [5, 5.41) is 4.97. The van der Waals surface area contributed by atoms with E-state index in [1.165, 1.54) is 4.68 Å². The first kappa shape index (κ1) is 21.5. The van der Waals surface area contributed by atoms with Gasteiger partial charge in [0.2, 0.25) is 0 Å². The molecule has 0 bridgehead atoms. The van der Waals surface area contributed by atoms with Crippen LogP contribution in [-0.2, 0) is 0 Å². The van der Waals surface area contributed by atoms with Crippen molar-refractivity contribution in [2.75, 3.05) is 13.7 Å². The molecule has 0 fully saturated rings. The Balaban J connectivity index is 2.14. The minimum Gasteiger partial charge on any atom is -0.493 e. The topological polar surface area (TPSA) is 65.7 Å². The number of ether oxygens (including phenoxy) is 2. The predicted molar refractivity (Wildman–Crippen MR) is 123 cm³/mol. The van der Waals surface area contributed by atoms with E-state index < -0.39 is 0 Å². The van der Waals surface area contributed by atoms with Gasteiger partial charge in [0.1, 0.15) is 5.82 Å². The molecule has 0 spiro atoms. The van der Waals surface area contributed by atoms with E-state index >= 15 is 0 Å². The summed E-state index contributed by atoms with van der Waals surface area (Å²) in [6.45, 7) is 6.40. The van der Waals surface area contributed by atoms with E-state index in [-0.39, 0.29) is 11.5 Å². The molecule has 0 amide bonds. The van der Waals surface area contributed by atoms with E-state index in [4.69, 9.17) is 9.47 Å². The first-order valence-corrected chi connectivity index (χ1v) is 10.7. The first-order valence-electron chi connectivity index (χ1n) is 9.12. The molecule has 0 radical (unpaired) electrons. The normalized spacial score (nSPS) is 11.6. The summed E-state index contributed by atoms with van der Waals surface area (Å²) in [4.78, 5) is 17.8. The van der Waals surface area contributed by atoms with E-state index in [0.717, 1.165) is 14.5 Å². The van der Waals surface area contributed by atoms with Crippen LogP contribution in [0.15, 0.2) is 49.2 Å². The summed E-state index contributed by atoms with van der Waals surface area (Å²) in [5.74, 6) is 1.84. The third kappa shape index (κ3) is 4.53. The van der Waals surface area contributed by atoms with Crippen LogP contribution in [0.5, 0.6) is 11.5 Å². The quantitative estimate of drug-likeness (QED) is 0.410. The largest absolute Gasteiger partial charge is 0.493 e. The van der Waals surface area contributed by atoms with Crippen molar-refractivity contribution in [1.82, 2.24) is 9.66 Å². The maximum Gasteiger partial charge on any atom is 0.282 e. The van der Waals surface area contributed by atoms with Gasteiger partial charge in [0.05, 0.1) is 30.8 Å². The molecule has 1 heterocycles. The minimum atomic E-state index is -0.217. The fourth-order valence-corrected chi connectivity index (χ4v) is 3.63. The molecule has 152 valence electrons. The lowest BCUT2D eigenvalue weighted by atomic mass is 10.2. The molecule has 0 unspecified atom stereocenters. The van der Waals surface area contributed by atoms with Gasteiger partial charge in [-0.25, -0.2) is 4.98 Å². The number of hydrogen-bond donors (Lipinski definition) is 0. The summed E-state index contributed by atoms with van der Waals surface area (Å²) in [5.41, 5.74) is 1.18. The second-order valence-electron chi connectivity index (χ2n) is 6.61. The molecule has 1 aromatic heterocycles. The van der Waals surface area contributed by atoms with E-state index in [9.17, 15) is 4.79 Å². The number of hydrogen-bond acceptors (Lipinski definition) is 5. The van der Waals surface area contributed by atoms with Crippen LogP contribution in [0.25, 0.3) is 10.9 Å². The van der Waals surface area contributed by atoms with Gasteiger partial charge >= 0.3 is 0 Å². The van der Waals surface area contributed by atoms with Crippen molar-refractivity contribution in [1.29, 1.82) is 0 Å². The highest BCUT2D eigenvalue weighted by atomic mass is 79.9. The van der Waals surface area contributed by atoms with Gasteiger partial charge in [0.15, 0.2) is 11.5 Å². The zero-order valence-corrected chi connectivity index (χ0v) is 19.7. The van der Waals surface area contributed by atoms with Crippen LogP contribution in [0.1, 0.15) is 38.1 Å². The lowest BCUT2D eigenvalue weighted by Crippen LogP contribution is -2.23. The number of halogens is 2. The zero-order valence-electron chi connectivity index (χ0n) is 16.6. The predicted octanol–water partition coefficient (Wildman–Crippen LogP) is 5.33. The van der Waals surface area contributed by atoms with Crippen molar-refractivity contribution in [3.8, 4) is 11.5 Å². The number of rotatable bonds is 6. The molecular weight excluding hydrogens is 502 g/mol. The van der Waals surface area contributed by atoms with Crippen LogP contribution in [0, 0.1) is 0 Å². The minimum absolute atomic E-state index is 0.0196. The van der Waals surface area contributed by atoms with Crippen LogP contribution in [0.3, 0.4) is 0 Å². The highest BCUT2D eigenvalue weighted by Gasteiger charge is 2.14. The van der Waals surface area contributed by atoms with E-state index in [0.29, 0.717) is 34.8 Å². The molecule has 0 aliphatic heterocycles. The van der Waals surface area contributed by atoms with Crippen molar-refractivity contribution in [2.45, 2.75) is 26.7 Å². The molecule has 3 aromatic rings. The SMILES string of the molecule is CCOc1cc(Br)c(C=Nn2c(C(C)C)nc3ccc(Br)cc3c2=O)cc1OC. The van der Waals surface area contributed by atoms with Crippen molar-refractivity contribution < 1.29 is 9.47 Å². The molecular formula is C21H21Br2N3O3. The summed E-state index contributed by atoms with van der Waals surface area (Å²) in [6, 6.07) is 9.09. The first-order chi connectivity index (χ1) is 13.8. The highest BCUT2D eigenvalue weighted by molar-refractivity contribution is 9.10. The molecule has 0 aliphatic carbocycles. The molecule has 29 heavy (non-hydrogen) atoms. The molecule has 0 saturated heterocycles. The Bertz CT molecular complexity index is 1140. The smallest absolute Gasteiger partial charge is 0.282 e. The number of benzene rings is 2. The molecule has 0 atom stereocenters. The van der Waals surface area contributed by atoms with Gasteiger partial charge in [-0.1, -0.05) is 29.8 Å². The summed E-state index contributed by atoms with van der Waals surface area (Å²) >= 11 is 6.95. The maximum absolute atomic E-state index is 13.1. The Labute approximate surface area is 185 Å². The van der Waals surface area contributed by atoms with Crippen LogP contribution in [0.2, 0.25) is 0 Å². The van der Waals surface area contributed by atoms with Gasteiger partial charge in [0.25, 0.3) is 5.56 Å². The van der Waals surface area contributed by atoms with Crippen molar-refractivity contribution in [3.63, 3.8) is 0 Å². The third-order valence-corrected chi connectivity index (χ3v) is 5.42. The van der Waals surface area contributed by atoms with Gasteiger partial charge < -0.3 is 9.47 Å². The van der Waals surface area contributed by atoms with Gasteiger partial charge in [0, 0.05) is 20.4 Å². The van der Waals surface area contributed by atoms with Crippen molar-refractivity contribution in [3.05, 3.63) is 61.0 Å². The van der Waals surface area contributed by atoms with Gasteiger partial charge in [-0.3, -0.25) is 4.79 Å². The molecule has 0 aliphatic rings. The molecule has 8 heteroatoms. The highest BCUT2D eigenvalue weighted by Crippen LogP contribution is 2.33. The standard InChI is InChI=1S/C21H21Br2N3O3/c1-5-29-19-10-16(23)13(8-18(19)28-4)11-24-26-20(12(2)3)25-17-7-6-14(22)9-15(17)21(26)27/h6-12H,5H2,1-4H3. The Kier molecular flexibility index (Phi) is 6.74. The third-order valence-electron chi connectivity index (χ3n) is 4.24. The fraction of sp³-hybridized carbons (Fsp3) is 0.286. The van der Waals surface area contributed by atoms with Gasteiger partial charge in [-0.05, 0) is 53.2 Å². The Hall–Kier alpha value is -2.19. The zero-order chi connectivity index (χ0) is 21.1. The number of nitrogens with zero attached hydrogens (tertiary/aromatic N) is 3. The van der Waals surface area contributed by atoms with E-state index in [2.05, 4.69) is 41.9 Å². The van der Waals surface area contributed by atoms with Crippen molar-refractivity contribution in [2.24, 2.45) is 5.10 Å². The summed E-state index contributed by atoms with van der Waals surface area (Å²) in [7, 11) is 1.58. The number of aromatic nitrogens is 2. The Morgan fingerprint density at radius 2 is 1.97 bits per heavy atom. The lowest BCUT2D eigenvalue weighted by molar-refractivity contribution is 0.310. The van der Waals surface area contributed by atoms with E-state index in [1.807, 2.05) is 45.0 Å². The van der Waals surface area contributed by atoms with Crippen molar-refractivity contribution >= 4 is 49.0 Å². The van der Waals surface area contributed by atoms with Gasteiger partial charge in [-0.2, -0.15) is 9.78 Å². The molecule has 6 nitrogen and oxygen atoms in total.